The fourth-order valence-electron chi connectivity index (χ4n) is 1.80. The Morgan fingerprint density at radius 3 is 2.75 bits per heavy atom. The minimum atomic E-state index is -0.335. The third kappa shape index (κ3) is 2.13. The van der Waals surface area contributed by atoms with Crippen molar-refractivity contribution in [3.05, 3.63) is 42.2 Å². The summed E-state index contributed by atoms with van der Waals surface area (Å²) in [7, 11) is 0. The van der Waals surface area contributed by atoms with Crippen LogP contribution in [0.25, 0.3) is 0 Å². The summed E-state index contributed by atoms with van der Waals surface area (Å²) in [6, 6.07) is 5.01. The zero-order valence-corrected chi connectivity index (χ0v) is 9.03. The quantitative estimate of drug-likeness (QED) is 0.560. The highest BCUT2D eigenvalue weighted by Crippen LogP contribution is 2.33. The summed E-state index contributed by atoms with van der Waals surface area (Å²) in [5.74, 6) is -0.335. The van der Waals surface area contributed by atoms with Gasteiger partial charge in [0.2, 0.25) is 0 Å². The maximum atomic E-state index is 13.8. The third-order valence-electron chi connectivity index (χ3n) is 2.73. The molecule has 0 amide bonds. The average Bonchev–Trinajstić information content (AvgIpc) is 3.10. The summed E-state index contributed by atoms with van der Waals surface area (Å²) in [4.78, 5) is 12.5. The lowest BCUT2D eigenvalue weighted by Crippen LogP contribution is -2.26. The standard InChI is InChI=1S/C13H14FNO/c1-2-7-15(11-4-5-11)13-6-3-10(9-16)8-12(13)14/h2-3,6,8-9,11H,1,4-5,7H2. The molecule has 3 heteroatoms. The van der Waals surface area contributed by atoms with Crippen molar-refractivity contribution in [3.8, 4) is 0 Å². The summed E-state index contributed by atoms with van der Waals surface area (Å²) in [5, 5.41) is 0. The van der Waals surface area contributed by atoms with Crippen molar-refractivity contribution in [2.24, 2.45) is 0 Å². The first kappa shape index (κ1) is 10.9. The Morgan fingerprint density at radius 2 is 2.25 bits per heavy atom. The number of halogens is 1. The first-order valence-corrected chi connectivity index (χ1v) is 5.38. The van der Waals surface area contributed by atoms with E-state index in [9.17, 15) is 9.18 Å². The molecule has 0 radical (unpaired) electrons. The zero-order chi connectivity index (χ0) is 11.5. The lowest BCUT2D eigenvalue weighted by molar-refractivity contribution is 0.112. The van der Waals surface area contributed by atoms with Crippen molar-refractivity contribution in [1.29, 1.82) is 0 Å². The van der Waals surface area contributed by atoms with Crippen LogP contribution in [0.2, 0.25) is 0 Å². The Hall–Kier alpha value is -1.64. The number of hydrogen-bond acceptors (Lipinski definition) is 2. The van der Waals surface area contributed by atoms with Gasteiger partial charge in [0.1, 0.15) is 12.1 Å². The van der Waals surface area contributed by atoms with Gasteiger partial charge < -0.3 is 4.90 Å². The predicted molar refractivity (Wildman–Crippen MR) is 62.4 cm³/mol. The molecular weight excluding hydrogens is 205 g/mol. The lowest BCUT2D eigenvalue weighted by Gasteiger charge is -2.23. The van der Waals surface area contributed by atoms with E-state index in [-0.39, 0.29) is 5.82 Å². The van der Waals surface area contributed by atoms with Gasteiger partial charge >= 0.3 is 0 Å². The molecule has 1 saturated carbocycles. The molecule has 0 unspecified atom stereocenters. The van der Waals surface area contributed by atoms with E-state index in [2.05, 4.69) is 6.58 Å². The Balaban J connectivity index is 2.29. The Morgan fingerprint density at radius 1 is 1.50 bits per heavy atom. The van der Waals surface area contributed by atoms with Crippen molar-refractivity contribution in [1.82, 2.24) is 0 Å². The van der Waals surface area contributed by atoms with Crippen molar-refractivity contribution in [2.45, 2.75) is 18.9 Å². The number of nitrogens with zero attached hydrogens (tertiary/aromatic N) is 1. The van der Waals surface area contributed by atoms with Crippen LogP contribution in [0.5, 0.6) is 0 Å². The van der Waals surface area contributed by atoms with Crippen LogP contribution >= 0.6 is 0 Å². The molecule has 1 aromatic rings. The van der Waals surface area contributed by atoms with E-state index in [0.29, 0.717) is 30.1 Å². The number of aldehydes is 1. The molecule has 0 saturated heterocycles. The molecule has 0 aliphatic heterocycles. The zero-order valence-electron chi connectivity index (χ0n) is 9.03. The van der Waals surface area contributed by atoms with Crippen LogP contribution in [-0.2, 0) is 0 Å². The molecule has 16 heavy (non-hydrogen) atoms. The summed E-state index contributed by atoms with van der Waals surface area (Å²) >= 11 is 0. The number of anilines is 1. The van der Waals surface area contributed by atoms with E-state index in [1.165, 1.54) is 6.07 Å². The van der Waals surface area contributed by atoms with E-state index >= 15 is 0 Å². The van der Waals surface area contributed by atoms with E-state index in [1.54, 1.807) is 18.2 Å². The minimum absolute atomic E-state index is 0.335. The second-order valence-electron chi connectivity index (χ2n) is 4.00. The second kappa shape index (κ2) is 4.47. The molecule has 0 atom stereocenters. The molecule has 84 valence electrons. The van der Waals surface area contributed by atoms with Crippen LogP contribution in [0.4, 0.5) is 10.1 Å². The maximum Gasteiger partial charge on any atom is 0.150 e. The van der Waals surface area contributed by atoms with Gasteiger partial charge in [-0.2, -0.15) is 0 Å². The van der Waals surface area contributed by atoms with Crippen LogP contribution in [0, 0.1) is 5.82 Å². The maximum absolute atomic E-state index is 13.8. The van der Waals surface area contributed by atoms with Crippen LogP contribution in [0.1, 0.15) is 23.2 Å². The molecule has 0 aromatic heterocycles. The van der Waals surface area contributed by atoms with E-state index in [1.807, 2.05) is 4.90 Å². The molecule has 0 heterocycles. The minimum Gasteiger partial charge on any atom is -0.362 e. The van der Waals surface area contributed by atoms with Gasteiger partial charge in [-0.05, 0) is 31.0 Å². The Kier molecular flexibility index (Phi) is 3.04. The highest BCUT2D eigenvalue weighted by Gasteiger charge is 2.29. The number of carbonyl (C=O) groups excluding carboxylic acids is 1. The molecule has 2 nitrogen and oxygen atoms in total. The van der Waals surface area contributed by atoms with Crippen molar-refractivity contribution < 1.29 is 9.18 Å². The first-order valence-electron chi connectivity index (χ1n) is 5.38. The van der Waals surface area contributed by atoms with Gasteiger partial charge in [0.25, 0.3) is 0 Å². The third-order valence-corrected chi connectivity index (χ3v) is 2.73. The topological polar surface area (TPSA) is 20.3 Å². The van der Waals surface area contributed by atoms with Gasteiger partial charge in [-0.1, -0.05) is 6.08 Å². The number of carbonyl (C=O) groups is 1. The molecule has 2 rings (SSSR count). The van der Waals surface area contributed by atoms with Crippen LogP contribution in [-0.4, -0.2) is 18.9 Å². The van der Waals surface area contributed by atoms with E-state index in [0.717, 1.165) is 12.8 Å². The van der Waals surface area contributed by atoms with Gasteiger partial charge in [0.15, 0.2) is 0 Å². The van der Waals surface area contributed by atoms with Crippen molar-refractivity contribution >= 4 is 12.0 Å². The van der Waals surface area contributed by atoms with Gasteiger partial charge in [0.05, 0.1) is 5.69 Å². The fourth-order valence-corrected chi connectivity index (χ4v) is 1.80. The van der Waals surface area contributed by atoms with Crippen molar-refractivity contribution in [2.75, 3.05) is 11.4 Å². The summed E-state index contributed by atoms with van der Waals surface area (Å²) < 4.78 is 13.8. The number of benzene rings is 1. The van der Waals surface area contributed by atoms with Gasteiger partial charge in [-0.15, -0.1) is 6.58 Å². The van der Waals surface area contributed by atoms with Gasteiger partial charge in [-0.3, -0.25) is 4.79 Å². The monoisotopic (exact) mass is 219 g/mol. The molecule has 1 aliphatic carbocycles. The van der Waals surface area contributed by atoms with Crippen molar-refractivity contribution in [3.63, 3.8) is 0 Å². The van der Waals surface area contributed by atoms with Crippen LogP contribution in [0.3, 0.4) is 0 Å². The second-order valence-corrected chi connectivity index (χ2v) is 4.00. The van der Waals surface area contributed by atoms with Gasteiger partial charge in [0, 0.05) is 18.2 Å². The molecule has 0 N–H and O–H groups in total. The molecule has 1 fully saturated rings. The Bertz CT molecular complexity index is 412. The molecule has 1 aliphatic rings. The average molecular weight is 219 g/mol. The number of rotatable bonds is 5. The van der Waals surface area contributed by atoms with E-state index < -0.39 is 0 Å². The molecule has 0 bridgehead atoms. The fraction of sp³-hybridized carbons (Fsp3) is 0.308. The normalized spacial score (nSPS) is 14.6. The molecular formula is C13H14FNO. The SMILES string of the molecule is C=CCN(c1ccc(C=O)cc1F)C1CC1. The summed E-state index contributed by atoms with van der Waals surface area (Å²) in [6.45, 7) is 4.32. The van der Waals surface area contributed by atoms with Crippen LogP contribution < -0.4 is 4.90 Å². The van der Waals surface area contributed by atoms with Crippen LogP contribution in [0.15, 0.2) is 30.9 Å². The van der Waals surface area contributed by atoms with E-state index in [4.69, 9.17) is 0 Å². The predicted octanol–water partition coefficient (Wildman–Crippen LogP) is 2.79. The molecule has 1 aromatic carbocycles. The Labute approximate surface area is 94.4 Å². The summed E-state index contributed by atoms with van der Waals surface area (Å²) in [6.07, 6.45) is 4.62. The highest BCUT2D eigenvalue weighted by atomic mass is 19.1. The first-order chi connectivity index (χ1) is 7.76. The van der Waals surface area contributed by atoms with Gasteiger partial charge in [-0.25, -0.2) is 4.39 Å². The summed E-state index contributed by atoms with van der Waals surface area (Å²) in [5.41, 5.74) is 0.934. The smallest absolute Gasteiger partial charge is 0.150 e. The highest BCUT2D eigenvalue weighted by molar-refractivity contribution is 5.76. The lowest BCUT2D eigenvalue weighted by atomic mass is 10.2. The largest absolute Gasteiger partial charge is 0.362 e. The molecule has 0 spiro atoms. The number of hydrogen-bond donors (Lipinski definition) is 0.